The molecule has 0 spiro atoms. The van der Waals surface area contributed by atoms with Crippen molar-refractivity contribution in [2.24, 2.45) is 0 Å². The Kier molecular flexibility index (Phi) is 13.3. The van der Waals surface area contributed by atoms with Crippen LogP contribution in [-0.2, 0) is 21.1 Å². The van der Waals surface area contributed by atoms with E-state index in [0.717, 1.165) is 0 Å². The van der Waals surface area contributed by atoms with E-state index in [1.54, 1.807) is 0 Å². The summed E-state index contributed by atoms with van der Waals surface area (Å²) in [5.74, 6) is 0. The molecule has 0 saturated heterocycles. The smallest absolute Gasteiger partial charge is 0 e. The Balaban J connectivity index is 0.000000245. The maximum absolute atomic E-state index is 2.18. The summed E-state index contributed by atoms with van der Waals surface area (Å²) < 4.78 is 0. The molecule has 0 unspecified atom stereocenters. The van der Waals surface area contributed by atoms with Gasteiger partial charge in [0.2, 0.25) is 0 Å². The second-order valence-electron chi connectivity index (χ2n) is 2.97. The fraction of sp³-hybridized carbons (Fsp3) is 0.143. The molecule has 12 radical (unpaired) electrons. The minimum Gasteiger partial charge on any atom is -0.0496 e. The van der Waals surface area contributed by atoms with E-state index in [1.807, 2.05) is 44.9 Å². The molecule has 1 heteroatoms. The van der Waals surface area contributed by atoms with Gasteiger partial charge in [0.05, 0.1) is 0 Å². The van der Waals surface area contributed by atoms with Crippen LogP contribution in [0.2, 0.25) is 0 Å². The van der Waals surface area contributed by atoms with E-state index in [1.165, 1.54) is 12.8 Å². The van der Waals surface area contributed by atoms with Crippen LogP contribution in [0.15, 0.2) is 0 Å². The Hall–Kier alpha value is 0.688. The summed E-state index contributed by atoms with van der Waals surface area (Å²) in [4.78, 5) is 0. The molecule has 2 rings (SSSR count). The van der Waals surface area contributed by atoms with E-state index in [4.69, 9.17) is 0 Å². The summed E-state index contributed by atoms with van der Waals surface area (Å²) >= 11 is 0. The Morgan fingerprint density at radius 1 is 0.400 bits per heavy atom. The van der Waals surface area contributed by atoms with Gasteiger partial charge in [-0.15, -0.1) is 0 Å². The zero-order valence-electron chi connectivity index (χ0n) is 8.75. The molecule has 78 valence electrons. The number of hydrogen-bond acceptors (Lipinski definition) is 0. The monoisotopic (exact) mass is 282 g/mol. The molecule has 2 saturated carbocycles. The van der Waals surface area contributed by atoms with Crippen molar-refractivity contribution in [1.82, 2.24) is 0 Å². The van der Waals surface area contributed by atoms with E-state index in [0.29, 0.717) is 0 Å². The van der Waals surface area contributed by atoms with Crippen LogP contribution in [0, 0.1) is 77.0 Å². The van der Waals surface area contributed by atoms with E-state index >= 15 is 0 Å². The van der Waals surface area contributed by atoms with E-state index < -0.39 is 0 Å². The first-order valence-corrected chi connectivity index (χ1v) is 4.98. The van der Waals surface area contributed by atoms with Gasteiger partial charge in [0.15, 0.2) is 0 Å². The first-order valence-electron chi connectivity index (χ1n) is 4.98. The summed E-state index contributed by atoms with van der Waals surface area (Å²) in [6, 6.07) is 0. The molecule has 0 N–H and O–H groups in total. The summed E-state index contributed by atoms with van der Waals surface area (Å²) in [6.07, 6.45) is 27.0. The molecule has 2 aliphatic carbocycles. The summed E-state index contributed by atoms with van der Waals surface area (Å²) in [6.45, 7) is 0. The molecule has 0 aliphatic heterocycles. The van der Waals surface area contributed by atoms with E-state index in [2.05, 4.69) is 32.1 Å². The van der Waals surface area contributed by atoms with Gasteiger partial charge in [-0.05, 0) is 89.9 Å². The average Bonchev–Trinajstić information content (AvgIpc) is 2.68. The molecular weight excluding hydrogens is 264 g/mol. The van der Waals surface area contributed by atoms with Crippen LogP contribution in [0.1, 0.15) is 12.8 Å². The average molecular weight is 280 g/mol. The van der Waals surface area contributed by atoms with Crippen molar-refractivity contribution in [1.29, 1.82) is 0 Å². The van der Waals surface area contributed by atoms with Gasteiger partial charge in [0, 0.05) is 21.1 Å². The standard InChI is InChI=1S/C7H9.C7H7.Mo/c2*1-2-4-6-7-5-3-1;/h1-5H,6-7H2;1-7H;. The quantitative estimate of drug-likeness (QED) is 0.472. The second kappa shape index (κ2) is 12.8. The molecule has 0 nitrogen and oxygen atoms in total. The van der Waals surface area contributed by atoms with Gasteiger partial charge in [-0.3, -0.25) is 0 Å². The minimum atomic E-state index is 0. The largest absolute Gasteiger partial charge is 0.0496 e. The molecule has 0 amide bonds. The van der Waals surface area contributed by atoms with Gasteiger partial charge in [-0.25, -0.2) is 0 Å². The van der Waals surface area contributed by atoms with E-state index in [-0.39, 0.29) is 21.1 Å². The maximum atomic E-state index is 2.18. The molecule has 0 heterocycles. The molecule has 0 aromatic carbocycles. The van der Waals surface area contributed by atoms with Gasteiger partial charge in [0.1, 0.15) is 0 Å². The van der Waals surface area contributed by atoms with Gasteiger partial charge in [-0.2, -0.15) is 0 Å². The zero-order chi connectivity index (χ0) is 9.90. The summed E-state index contributed by atoms with van der Waals surface area (Å²) in [5, 5.41) is 0. The van der Waals surface area contributed by atoms with Crippen molar-refractivity contribution >= 4 is 0 Å². The number of hydrogen-bond donors (Lipinski definition) is 0. The van der Waals surface area contributed by atoms with Crippen LogP contribution in [-0.4, -0.2) is 0 Å². The first-order chi connectivity index (χ1) is 7.00. The molecule has 15 heavy (non-hydrogen) atoms. The zero-order valence-corrected chi connectivity index (χ0v) is 10.8. The van der Waals surface area contributed by atoms with Gasteiger partial charge >= 0.3 is 0 Å². The van der Waals surface area contributed by atoms with Crippen LogP contribution in [0.3, 0.4) is 0 Å². The predicted octanol–water partition coefficient (Wildman–Crippen LogP) is 3.23. The van der Waals surface area contributed by atoms with Gasteiger partial charge in [0.25, 0.3) is 0 Å². The molecule has 0 aromatic rings. The van der Waals surface area contributed by atoms with Crippen molar-refractivity contribution in [3.63, 3.8) is 0 Å². The normalized spacial score (nSPS) is 22.4. The van der Waals surface area contributed by atoms with E-state index in [9.17, 15) is 0 Å². The third-order valence-electron chi connectivity index (χ3n) is 1.77. The van der Waals surface area contributed by atoms with Crippen LogP contribution in [0.4, 0.5) is 0 Å². The fourth-order valence-corrected chi connectivity index (χ4v) is 1.06. The van der Waals surface area contributed by atoms with Gasteiger partial charge < -0.3 is 0 Å². The van der Waals surface area contributed by atoms with Crippen LogP contribution in [0.25, 0.3) is 0 Å². The Morgan fingerprint density at radius 3 is 1.00 bits per heavy atom. The van der Waals surface area contributed by atoms with Crippen LogP contribution >= 0.6 is 0 Å². The third-order valence-corrected chi connectivity index (χ3v) is 1.77. The van der Waals surface area contributed by atoms with Gasteiger partial charge in [-0.1, -0.05) is 0 Å². The van der Waals surface area contributed by atoms with Crippen molar-refractivity contribution < 1.29 is 21.1 Å². The Morgan fingerprint density at radius 2 is 0.667 bits per heavy atom. The van der Waals surface area contributed by atoms with Crippen LogP contribution in [0.5, 0.6) is 0 Å². The summed E-state index contributed by atoms with van der Waals surface area (Å²) in [5.41, 5.74) is 0. The van der Waals surface area contributed by atoms with Crippen molar-refractivity contribution in [3.05, 3.63) is 77.0 Å². The van der Waals surface area contributed by atoms with Crippen LogP contribution < -0.4 is 0 Å². The fourth-order valence-electron chi connectivity index (χ4n) is 1.06. The van der Waals surface area contributed by atoms with Crippen molar-refractivity contribution in [2.75, 3.05) is 0 Å². The SMILES string of the molecule is [CH]1[CH][CH]CC[CH][CH]1.[CH]1[CH][CH][CH][CH][CH][CH]1.[Mo]. The predicted molar refractivity (Wildman–Crippen MR) is 60.8 cm³/mol. The van der Waals surface area contributed by atoms with Crippen molar-refractivity contribution in [2.45, 2.75) is 12.8 Å². The minimum absolute atomic E-state index is 0. The van der Waals surface area contributed by atoms with Crippen molar-refractivity contribution in [3.8, 4) is 0 Å². The molecule has 2 fully saturated rings. The molecular formula is C14H16Mo. The summed E-state index contributed by atoms with van der Waals surface area (Å²) in [7, 11) is 0. The molecule has 2 aliphatic rings. The molecule has 0 aromatic heterocycles. The first kappa shape index (κ1) is 15.7. The molecule has 0 atom stereocenters. The second-order valence-corrected chi connectivity index (χ2v) is 2.97. The Bertz CT molecular complexity index is 58.6. The maximum Gasteiger partial charge on any atom is 0 e. The number of rotatable bonds is 0. The topological polar surface area (TPSA) is 0 Å². The molecule has 0 bridgehead atoms. The Labute approximate surface area is 111 Å². The third kappa shape index (κ3) is 11.0.